The predicted octanol–water partition coefficient (Wildman–Crippen LogP) is 4.61. The van der Waals surface area contributed by atoms with E-state index in [0.29, 0.717) is 28.7 Å². The third kappa shape index (κ3) is 4.40. The molecule has 0 fully saturated rings. The quantitative estimate of drug-likeness (QED) is 0.502. The number of nitrogens with zero attached hydrogens (tertiary/aromatic N) is 3. The van der Waals surface area contributed by atoms with Gasteiger partial charge in [-0.05, 0) is 48.4 Å². The molecule has 2 heterocycles. The van der Waals surface area contributed by atoms with Crippen LogP contribution in [0.4, 0.5) is 10.2 Å². The largest absolute Gasteiger partial charge is 0.438 e. The number of benzene rings is 2. The molecule has 0 saturated heterocycles. The highest BCUT2D eigenvalue weighted by atomic mass is 19.1. The van der Waals surface area contributed by atoms with E-state index in [1.807, 2.05) is 13.0 Å². The summed E-state index contributed by atoms with van der Waals surface area (Å²) in [5.41, 5.74) is 8.38. The highest BCUT2D eigenvalue weighted by Gasteiger charge is 2.12. The van der Waals surface area contributed by atoms with Crippen LogP contribution in [0.1, 0.15) is 28.9 Å². The minimum atomic E-state index is -0.429. The van der Waals surface area contributed by atoms with E-state index < -0.39 is 5.82 Å². The topological polar surface area (TPSA) is 82.5 Å². The minimum absolute atomic E-state index is 0. The van der Waals surface area contributed by atoms with E-state index in [-0.39, 0.29) is 19.6 Å². The van der Waals surface area contributed by atoms with Crippen molar-refractivity contribution in [1.82, 2.24) is 14.6 Å². The number of carbonyl (C=O) groups excluding carboxylic acids is 1. The minimum Gasteiger partial charge on any atom is -0.438 e. The molecule has 4 aromatic rings. The smallest absolute Gasteiger partial charge is 0.237 e. The average molecular weight is 392 g/mol. The second-order valence-electron chi connectivity index (χ2n) is 6.44. The molecule has 29 heavy (non-hydrogen) atoms. The Morgan fingerprint density at radius 1 is 1.17 bits per heavy atom. The summed E-state index contributed by atoms with van der Waals surface area (Å²) in [7, 11) is 0. The summed E-state index contributed by atoms with van der Waals surface area (Å²) in [6.45, 7) is 1.91. The van der Waals surface area contributed by atoms with Crippen LogP contribution in [0, 0.1) is 12.7 Å². The van der Waals surface area contributed by atoms with E-state index in [4.69, 9.17) is 10.5 Å². The number of aryl methyl sites for hydroxylation is 1. The number of ketones is 1. The van der Waals surface area contributed by atoms with E-state index in [1.54, 1.807) is 36.5 Å². The maximum Gasteiger partial charge on any atom is 0.237 e. The molecule has 0 unspecified atom stereocenters. The van der Waals surface area contributed by atoms with Crippen molar-refractivity contribution >= 4 is 17.2 Å². The third-order valence-electron chi connectivity index (χ3n) is 4.35. The number of Topliss-reactive ketones (excluding diaryl/α,β-unsaturated/α-hetero) is 1. The van der Waals surface area contributed by atoms with Crippen LogP contribution < -0.4 is 10.5 Å². The van der Waals surface area contributed by atoms with Crippen LogP contribution in [-0.2, 0) is 6.42 Å². The SMILES string of the molecule is C.Cc1ccc(Oc2ccc3nc(N)cn3n2)cc1CC(=O)c1cccc(F)c1. The number of nitrogens with two attached hydrogens (primary N) is 1. The highest BCUT2D eigenvalue weighted by Crippen LogP contribution is 2.24. The van der Waals surface area contributed by atoms with Crippen molar-refractivity contribution in [2.45, 2.75) is 20.8 Å². The van der Waals surface area contributed by atoms with Gasteiger partial charge in [0.05, 0.1) is 6.20 Å². The summed E-state index contributed by atoms with van der Waals surface area (Å²) in [6.07, 6.45) is 1.75. The molecule has 2 aromatic heterocycles. The predicted molar refractivity (Wildman–Crippen MR) is 110 cm³/mol. The van der Waals surface area contributed by atoms with Gasteiger partial charge in [-0.1, -0.05) is 25.6 Å². The van der Waals surface area contributed by atoms with Crippen molar-refractivity contribution in [3.05, 3.63) is 83.3 Å². The van der Waals surface area contributed by atoms with Gasteiger partial charge in [0.2, 0.25) is 5.88 Å². The Hall–Kier alpha value is -3.74. The standard InChI is InChI=1S/C21H17FN4O2.CH4/c1-13-5-6-17(28-21-8-7-20-24-19(23)12-26(20)25-21)10-15(13)11-18(27)14-3-2-4-16(22)9-14;/h2-10,12H,11,23H2,1H3;1H4. The second-order valence-corrected chi connectivity index (χ2v) is 6.44. The zero-order chi connectivity index (χ0) is 19.7. The molecule has 2 aromatic carbocycles. The van der Waals surface area contributed by atoms with Crippen molar-refractivity contribution in [3.8, 4) is 11.6 Å². The van der Waals surface area contributed by atoms with E-state index in [9.17, 15) is 9.18 Å². The molecule has 0 bridgehead atoms. The maximum absolute atomic E-state index is 13.4. The lowest BCUT2D eigenvalue weighted by Crippen LogP contribution is -2.05. The normalized spacial score (nSPS) is 10.6. The fourth-order valence-electron chi connectivity index (χ4n) is 2.90. The number of ether oxygens (including phenoxy) is 1. The van der Waals surface area contributed by atoms with Gasteiger partial charge < -0.3 is 10.5 Å². The first-order valence-electron chi connectivity index (χ1n) is 8.66. The number of imidazole rings is 1. The Morgan fingerprint density at radius 2 is 2.00 bits per heavy atom. The molecule has 0 atom stereocenters. The van der Waals surface area contributed by atoms with Crippen LogP contribution in [0.25, 0.3) is 5.65 Å². The number of carbonyl (C=O) groups is 1. The zero-order valence-corrected chi connectivity index (χ0v) is 15.1. The number of aromatic nitrogens is 3. The monoisotopic (exact) mass is 392 g/mol. The second kappa shape index (κ2) is 8.10. The summed E-state index contributed by atoms with van der Waals surface area (Å²) >= 11 is 0. The van der Waals surface area contributed by atoms with Gasteiger partial charge in [0.1, 0.15) is 17.4 Å². The summed E-state index contributed by atoms with van der Waals surface area (Å²) < 4.78 is 20.7. The lowest BCUT2D eigenvalue weighted by Gasteiger charge is -2.10. The first-order valence-corrected chi connectivity index (χ1v) is 8.66. The van der Waals surface area contributed by atoms with Crippen molar-refractivity contribution in [3.63, 3.8) is 0 Å². The van der Waals surface area contributed by atoms with E-state index in [2.05, 4.69) is 10.1 Å². The van der Waals surface area contributed by atoms with Crippen LogP contribution in [0.5, 0.6) is 11.6 Å². The molecule has 0 radical (unpaired) electrons. The number of hydrogen-bond acceptors (Lipinski definition) is 5. The molecule has 0 saturated carbocycles. The molecule has 7 heteroatoms. The number of anilines is 1. The molecule has 0 aliphatic carbocycles. The number of nitrogen functional groups attached to an aromatic ring is 1. The first kappa shape index (κ1) is 20.0. The lowest BCUT2D eigenvalue weighted by molar-refractivity contribution is 0.0992. The van der Waals surface area contributed by atoms with E-state index >= 15 is 0 Å². The zero-order valence-electron chi connectivity index (χ0n) is 15.1. The molecule has 6 nitrogen and oxygen atoms in total. The van der Waals surface area contributed by atoms with Crippen molar-refractivity contribution in [2.24, 2.45) is 0 Å². The Kier molecular flexibility index (Phi) is 5.59. The highest BCUT2D eigenvalue weighted by molar-refractivity contribution is 5.97. The van der Waals surface area contributed by atoms with Gasteiger partial charge in [-0.15, -0.1) is 5.10 Å². The van der Waals surface area contributed by atoms with E-state index in [1.165, 1.54) is 22.7 Å². The molecule has 0 spiro atoms. The average Bonchev–Trinajstić information content (AvgIpc) is 3.03. The van der Waals surface area contributed by atoms with E-state index in [0.717, 1.165) is 11.1 Å². The molecule has 148 valence electrons. The Bertz CT molecular complexity index is 1190. The van der Waals surface area contributed by atoms with Gasteiger partial charge in [-0.25, -0.2) is 13.9 Å². The lowest BCUT2D eigenvalue weighted by atomic mass is 9.99. The molecular weight excluding hydrogens is 371 g/mol. The Morgan fingerprint density at radius 3 is 2.79 bits per heavy atom. The van der Waals surface area contributed by atoms with Crippen LogP contribution >= 0.6 is 0 Å². The summed E-state index contributed by atoms with van der Waals surface area (Å²) in [5.74, 6) is 0.705. The van der Waals surface area contributed by atoms with Crippen LogP contribution in [0.2, 0.25) is 0 Å². The fourth-order valence-corrected chi connectivity index (χ4v) is 2.90. The fraction of sp³-hybridized carbons (Fsp3) is 0.136. The molecule has 2 N–H and O–H groups in total. The Balaban J connectivity index is 0.00000240. The molecule has 0 aliphatic heterocycles. The van der Waals surface area contributed by atoms with Crippen LogP contribution in [0.15, 0.2) is 60.8 Å². The number of hydrogen-bond donors (Lipinski definition) is 1. The van der Waals surface area contributed by atoms with Crippen molar-refractivity contribution in [1.29, 1.82) is 0 Å². The number of rotatable bonds is 5. The third-order valence-corrected chi connectivity index (χ3v) is 4.35. The summed E-state index contributed by atoms with van der Waals surface area (Å²) in [6, 6.07) is 14.6. The first-order chi connectivity index (χ1) is 13.5. The summed E-state index contributed by atoms with van der Waals surface area (Å²) in [4.78, 5) is 16.6. The maximum atomic E-state index is 13.4. The molecule has 4 rings (SSSR count). The molecule has 0 amide bonds. The van der Waals surface area contributed by atoms with Crippen LogP contribution in [-0.4, -0.2) is 20.4 Å². The van der Waals surface area contributed by atoms with Gasteiger partial charge in [-0.2, -0.15) is 0 Å². The van der Waals surface area contributed by atoms with Crippen molar-refractivity contribution in [2.75, 3.05) is 5.73 Å². The van der Waals surface area contributed by atoms with Gasteiger partial charge in [0.15, 0.2) is 11.4 Å². The summed E-state index contributed by atoms with van der Waals surface area (Å²) in [5, 5.41) is 4.30. The Labute approximate surface area is 167 Å². The van der Waals surface area contributed by atoms with Crippen LogP contribution in [0.3, 0.4) is 0 Å². The number of halogens is 1. The van der Waals surface area contributed by atoms with Gasteiger partial charge >= 0.3 is 0 Å². The van der Waals surface area contributed by atoms with Gasteiger partial charge in [-0.3, -0.25) is 4.79 Å². The van der Waals surface area contributed by atoms with Crippen molar-refractivity contribution < 1.29 is 13.9 Å². The molecule has 0 aliphatic rings. The van der Waals surface area contributed by atoms with Gasteiger partial charge in [0, 0.05) is 18.1 Å². The number of fused-ring (bicyclic) bond motifs is 1. The molecular formula is C22H21FN4O2. The van der Waals surface area contributed by atoms with Gasteiger partial charge in [0.25, 0.3) is 0 Å².